The SMILES string of the molecule is C=C1[C@@H](n2cc(F)c3c(N)ncnc32)[C@H](O)[C@H](O)[C@@]1(C)CO. The van der Waals surface area contributed by atoms with Crippen molar-refractivity contribution in [3.05, 3.63) is 30.5 Å². The van der Waals surface area contributed by atoms with Gasteiger partial charge in [0.2, 0.25) is 0 Å². The number of nitrogens with zero attached hydrogens (tertiary/aromatic N) is 3. The van der Waals surface area contributed by atoms with Gasteiger partial charge in [0.1, 0.15) is 23.9 Å². The van der Waals surface area contributed by atoms with Gasteiger partial charge in [0.15, 0.2) is 5.82 Å². The van der Waals surface area contributed by atoms with Crippen LogP contribution in [0.2, 0.25) is 0 Å². The molecule has 2 aromatic heterocycles. The van der Waals surface area contributed by atoms with Gasteiger partial charge in [-0.05, 0) is 5.57 Å². The molecule has 1 fully saturated rings. The summed E-state index contributed by atoms with van der Waals surface area (Å²) in [6.45, 7) is 5.08. The smallest absolute Gasteiger partial charge is 0.154 e. The molecule has 22 heavy (non-hydrogen) atoms. The molecule has 7 nitrogen and oxygen atoms in total. The van der Waals surface area contributed by atoms with Gasteiger partial charge in [0, 0.05) is 11.6 Å². The first kappa shape index (κ1) is 14.9. The topological polar surface area (TPSA) is 117 Å². The number of fused-ring (bicyclic) bond motifs is 1. The highest BCUT2D eigenvalue weighted by molar-refractivity contribution is 5.87. The van der Waals surface area contributed by atoms with Crippen LogP contribution >= 0.6 is 0 Å². The van der Waals surface area contributed by atoms with Crippen LogP contribution in [-0.4, -0.2) is 48.7 Å². The number of hydrogen-bond acceptors (Lipinski definition) is 6. The van der Waals surface area contributed by atoms with Crippen molar-refractivity contribution < 1.29 is 19.7 Å². The van der Waals surface area contributed by atoms with Crippen molar-refractivity contribution in [2.24, 2.45) is 5.41 Å². The third kappa shape index (κ3) is 1.71. The Morgan fingerprint density at radius 3 is 2.73 bits per heavy atom. The maximum atomic E-state index is 14.1. The van der Waals surface area contributed by atoms with Gasteiger partial charge in [-0.2, -0.15) is 0 Å². The van der Waals surface area contributed by atoms with E-state index in [1.165, 1.54) is 10.9 Å². The number of nitrogen functional groups attached to an aromatic ring is 1. The molecular formula is C14H17FN4O3. The Morgan fingerprint density at radius 1 is 1.45 bits per heavy atom. The Morgan fingerprint density at radius 2 is 2.14 bits per heavy atom. The molecule has 2 aromatic rings. The van der Waals surface area contributed by atoms with Gasteiger partial charge < -0.3 is 25.6 Å². The van der Waals surface area contributed by atoms with E-state index >= 15 is 0 Å². The summed E-state index contributed by atoms with van der Waals surface area (Å²) in [6.07, 6.45) is -0.144. The molecule has 8 heteroatoms. The van der Waals surface area contributed by atoms with Gasteiger partial charge in [0.25, 0.3) is 0 Å². The van der Waals surface area contributed by atoms with Crippen LogP contribution in [0.4, 0.5) is 10.2 Å². The van der Waals surface area contributed by atoms with Crippen molar-refractivity contribution in [3.63, 3.8) is 0 Å². The normalized spacial score (nSPS) is 32.0. The minimum Gasteiger partial charge on any atom is -0.395 e. The second-order valence-corrected chi connectivity index (χ2v) is 5.82. The molecule has 3 rings (SSSR count). The van der Waals surface area contributed by atoms with E-state index in [9.17, 15) is 19.7 Å². The Labute approximate surface area is 125 Å². The number of aliphatic hydroxyl groups is 3. The molecular weight excluding hydrogens is 291 g/mol. The fourth-order valence-electron chi connectivity index (χ4n) is 3.09. The maximum absolute atomic E-state index is 14.1. The molecule has 1 aliphatic carbocycles. The zero-order valence-electron chi connectivity index (χ0n) is 11.9. The van der Waals surface area contributed by atoms with Crippen LogP contribution in [0.25, 0.3) is 11.0 Å². The van der Waals surface area contributed by atoms with Crippen molar-refractivity contribution in [3.8, 4) is 0 Å². The van der Waals surface area contributed by atoms with E-state index in [1.807, 2.05) is 0 Å². The van der Waals surface area contributed by atoms with Crippen LogP contribution in [0, 0.1) is 11.2 Å². The third-order valence-corrected chi connectivity index (χ3v) is 4.61. The molecule has 0 aliphatic heterocycles. The molecule has 1 aliphatic rings. The first-order valence-corrected chi connectivity index (χ1v) is 6.75. The van der Waals surface area contributed by atoms with Crippen molar-refractivity contribution in [2.75, 3.05) is 12.3 Å². The summed E-state index contributed by atoms with van der Waals surface area (Å²) in [4.78, 5) is 7.76. The molecule has 5 N–H and O–H groups in total. The fraction of sp³-hybridized carbons (Fsp3) is 0.429. The summed E-state index contributed by atoms with van der Waals surface area (Å²) in [5.74, 6) is -0.634. The maximum Gasteiger partial charge on any atom is 0.154 e. The lowest BCUT2D eigenvalue weighted by molar-refractivity contribution is -0.0359. The van der Waals surface area contributed by atoms with Crippen molar-refractivity contribution >= 4 is 16.9 Å². The Kier molecular flexibility index (Phi) is 3.20. The van der Waals surface area contributed by atoms with Gasteiger partial charge >= 0.3 is 0 Å². The van der Waals surface area contributed by atoms with Gasteiger partial charge in [0.05, 0.1) is 24.1 Å². The van der Waals surface area contributed by atoms with Crippen LogP contribution in [0.1, 0.15) is 13.0 Å². The monoisotopic (exact) mass is 308 g/mol. The number of aromatic nitrogens is 3. The lowest BCUT2D eigenvalue weighted by atomic mass is 9.84. The van der Waals surface area contributed by atoms with Crippen molar-refractivity contribution in [1.29, 1.82) is 0 Å². The Balaban J connectivity index is 2.21. The number of anilines is 1. The summed E-state index contributed by atoms with van der Waals surface area (Å²) in [7, 11) is 0. The minimum atomic E-state index is -1.25. The number of nitrogens with two attached hydrogens (primary N) is 1. The van der Waals surface area contributed by atoms with Crippen LogP contribution in [0.15, 0.2) is 24.7 Å². The van der Waals surface area contributed by atoms with E-state index in [0.717, 1.165) is 6.20 Å². The van der Waals surface area contributed by atoms with Crippen LogP contribution < -0.4 is 5.73 Å². The number of rotatable bonds is 2. The van der Waals surface area contributed by atoms with Gasteiger partial charge in [-0.25, -0.2) is 14.4 Å². The highest BCUT2D eigenvalue weighted by Gasteiger charge is 2.53. The molecule has 118 valence electrons. The summed E-state index contributed by atoms with van der Waals surface area (Å²) in [5.41, 5.74) is 5.17. The first-order chi connectivity index (χ1) is 10.3. The molecule has 4 atom stereocenters. The number of aliphatic hydroxyl groups excluding tert-OH is 3. The number of halogens is 1. The molecule has 0 amide bonds. The molecule has 0 radical (unpaired) electrons. The standard InChI is InChI=1S/C14H17FN4O3/c1-6-9(10(21)11(22)14(6,2)4-20)19-3-7(15)8-12(16)17-5-18-13(8)19/h3,5,9-11,20-22H,1,4H2,2H3,(H2,16,17,18)/t9-,10+,11+,14+/m1/s1. The summed E-state index contributed by atoms with van der Waals surface area (Å²) in [6, 6.07) is -0.826. The predicted molar refractivity (Wildman–Crippen MR) is 77.3 cm³/mol. The van der Waals surface area contributed by atoms with Gasteiger partial charge in [-0.1, -0.05) is 13.5 Å². The highest BCUT2D eigenvalue weighted by atomic mass is 19.1. The molecule has 0 bridgehead atoms. The van der Waals surface area contributed by atoms with E-state index in [4.69, 9.17) is 5.73 Å². The molecule has 0 spiro atoms. The first-order valence-electron chi connectivity index (χ1n) is 6.75. The lowest BCUT2D eigenvalue weighted by Gasteiger charge is -2.27. The number of hydrogen-bond donors (Lipinski definition) is 4. The third-order valence-electron chi connectivity index (χ3n) is 4.61. The summed E-state index contributed by atoms with van der Waals surface area (Å²) in [5, 5.41) is 30.2. The second-order valence-electron chi connectivity index (χ2n) is 5.82. The molecule has 0 unspecified atom stereocenters. The van der Waals surface area contributed by atoms with E-state index in [0.29, 0.717) is 5.57 Å². The lowest BCUT2D eigenvalue weighted by Crippen LogP contribution is -2.37. The van der Waals surface area contributed by atoms with Crippen LogP contribution in [0.3, 0.4) is 0 Å². The molecule has 0 saturated heterocycles. The molecule has 0 aromatic carbocycles. The highest BCUT2D eigenvalue weighted by Crippen LogP contribution is 2.49. The quantitative estimate of drug-likeness (QED) is 0.579. The zero-order chi connectivity index (χ0) is 16.2. The van der Waals surface area contributed by atoms with Crippen LogP contribution in [0.5, 0.6) is 0 Å². The zero-order valence-corrected chi connectivity index (χ0v) is 11.9. The second kappa shape index (κ2) is 4.73. The van der Waals surface area contributed by atoms with E-state index < -0.39 is 29.5 Å². The average molecular weight is 308 g/mol. The van der Waals surface area contributed by atoms with E-state index in [2.05, 4.69) is 16.5 Å². The van der Waals surface area contributed by atoms with Crippen molar-refractivity contribution in [2.45, 2.75) is 25.2 Å². The van der Waals surface area contributed by atoms with Crippen molar-refractivity contribution in [1.82, 2.24) is 14.5 Å². The van der Waals surface area contributed by atoms with E-state index in [-0.39, 0.29) is 23.5 Å². The fourth-order valence-corrected chi connectivity index (χ4v) is 3.09. The Bertz CT molecular complexity index is 762. The van der Waals surface area contributed by atoms with Gasteiger partial charge in [-0.15, -0.1) is 0 Å². The van der Waals surface area contributed by atoms with Gasteiger partial charge in [-0.3, -0.25) is 0 Å². The average Bonchev–Trinajstić information content (AvgIpc) is 2.90. The molecule has 2 heterocycles. The Hall–Kier alpha value is -2.03. The summed E-state index contributed by atoms with van der Waals surface area (Å²) < 4.78 is 15.5. The molecule has 1 saturated carbocycles. The summed E-state index contributed by atoms with van der Waals surface area (Å²) >= 11 is 0. The van der Waals surface area contributed by atoms with Crippen LogP contribution in [-0.2, 0) is 0 Å². The van der Waals surface area contributed by atoms with E-state index in [1.54, 1.807) is 6.92 Å². The largest absolute Gasteiger partial charge is 0.395 e. The predicted octanol–water partition coefficient (Wildman–Crippen LogP) is -0.0161. The minimum absolute atomic E-state index is 0.00943.